The fourth-order valence-electron chi connectivity index (χ4n) is 18.9. The van der Waals surface area contributed by atoms with Gasteiger partial charge in [0.2, 0.25) is 0 Å². The van der Waals surface area contributed by atoms with E-state index in [4.69, 9.17) is 0 Å². The van der Waals surface area contributed by atoms with Gasteiger partial charge >= 0.3 is 0 Å². The maximum Gasteiger partial charge on any atom is 0.253 e. The van der Waals surface area contributed by atoms with Crippen molar-refractivity contribution in [2.24, 2.45) is 0 Å². The van der Waals surface area contributed by atoms with E-state index in [9.17, 15) is 0 Å². The Hall–Kier alpha value is -6.78. The molecule has 0 fully saturated rings. The summed E-state index contributed by atoms with van der Waals surface area (Å²) in [6.45, 7) is 56.8. The molecule has 1 unspecified atom stereocenters. The fraction of sp³-hybridized carbons (Fsp3) is 0.448. The van der Waals surface area contributed by atoms with Gasteiger partial charge in [0.25, 0.3) is 6.71 Å². The summed E-state index contributed by atoms with van der Waals surface area (Å²) >= 11 is 0. The molecule has 0 saturated carbocycles. The number of fused-ring (bicyclic) bond motifs is 8. The standard InChI is InChI=1S/C87H102BN3/c1-51-45-62-64(84(17,18)42-41-82(62,13)14)49-67(51)91-66-38-36-58-71-60(80(8,9)10)25-24-26-61(71)87(23)72(58)76(66)88-75-68(47-57(48-69(75)91)89(54-31-27-52(28-32-54)78(2,3)4)55-33-29-53(30-34-55)79(5,6)7)90(56-35-37-59-63(46-56)83(15,16)40-39-81(59,11)12)70-50-65-73(74(87)77(70)88)86(21,22)44-43-85(65,19)20/h24-38,45-50H,39-44H2,1-23H3. The zero-order chi connectivity index (χ0) is 65.0. The normalized spacial score (nSPS) is 20.9. The van der Waals surface area contributed by atoms with Crippen LogP contribution >= 0.6 is 0 Å². The van der Waals surface area contributed by atoms with E-state index in [2.05, 4.69) is 301 Å². The summed E-state index contributed by atoms with van der Waals surface area (Å²) in [6.07, 6.45) is 6.92. The Morgan fingerprint density at radius 2 is 0.835 bits per heavy atom. The highest BCUT2D eigenvalue weighted by atomic mass is 15.2. The molecule has 0 aromatic heterocycles. The van der Waals surface area contributed by atoms with Crippen molar-refractivity contribution in [3.8, 4) is 11.1 Å². The van der Waals surface area contributed by atoms with Crippen molar-refractivity contribution in [2.75, 3.05) is 14.7 Å². The van der Waals surface area contributed by atoms with Gasteiger partial charge in [0.15, 0.2) is 0 Å². The summed E-state index contributed by atoms with van der Waals surface area (Å²) in [5.41, 5.74) is 37.1. The van der Waals surface area contributed by atoms with E-state index in [-0.39, 0.29) is 55.4 Å². The average molecular weight is 1200 g/mol. The van der Waals surface area contributed by atoms with Gasteiger partial charge in [-0.05, 0) is 268 Å². The first-order chi connectivity index (χ1) is 42.3. The minimum Gasteiger partial charge on any atom is -0.311 e. The molecule has 15 rings (SSSR count). The summed E-state index contributed by atoms with van der Waals surface area (Å²) in [6, 6.07) is 52.9. The van der Waals surface area contributed by atoms with Crippen molar-refractivity contribution in [3.63, 3.8) is 0 Å². The second-order valence-corrected chi connectivity index (χ2v) is 36.8. The molecule has 8 aromatic rings. The molecule has 4 aliphatic carbocycles. The zero-order valence-corrected chi connectivity index (χ0v) is 59.8. The Balaban J connectivity index is 1.15. The minimum atomic E-state index is -0.464. The second-order valence-electron chi connectivity index (χ2n) is 36.8. The summed E-state index contributed by atoms with van der Waals surface area (Å²) < 4.78 is 0. The maximum absolute atomic E-state index is 2.84. The topological polar surface area (TPSA) is 9.72 Å². The van der Waals surface area contributed by atoms with Crippen LogP contribution in [0.3, 0.4) is 0 Å². The second kappa shape index (κ2) is 18.8. The van der Waals surface area contributed by atoms with Gasteiger partial charge in [-0.1, -0.05) is 206 Å². The van der Waals surface area contributed by atoms with Gasteiger partial charge in [-0.25, -0.2) is 0 Å². The molecule has 3 nitrogen and oxygen atoms in total. The van der Waals surface area contributed by atoms with Crippen LogP contribution in [0.5, 0.6) is 0 Å². The van der Waals surface area contributed by atoms with Crippen molar-refractivity contribution >= 4 is 74.3 Å². The van der Waals surface area contributed by atoms with Crippen molar-refractivity contribution < 1.29 is 0 Å². The first-order valence-corrected chi connectivity index (χ1v) is 34.9. The van der Waals surface area contributed by atoms with Crippen LogP contribution in [0.2, 0.25) is 0 Å². The molecule has 91 heavy (non-hydrogen) atoms. The molecule has 8 aromatic carbocycles. The van der Waals surface area contributed by atoms with Crippen LogP contribution < -0.4 is 31.1 Å². The van der Waals surface area contributed by atoms with Gasteiger partial charge in [-0.15, -0.1) is 0 Å². The van der Waals surface area contributed by atoms with Crippen LogP contribution in [0.15, 0.2) is 127 Å². The SMILES string of the molecule is Cc1cc2c(cc1N1c3cc(N(c4ccc(C(C)(C)C)cc4)c4ccc(C(C)(C)C)cc4)cc4c3B3c5c1ccc1c5C(C)(c5cccc(C(C)(C)C)c5-1)c1c3c(cc3c1C(C)(C)CCC3(C)C)N4c1ccc3c(c1)C(C)(C)CCC3(C)C)C(C)(C)CCC2(C)C. The van der Waals surface area contributed by atoms with E-state index in [1.54, 1.807) is 11.1 Å². The number of benzene rings is 8. The smallest absolute Gasteiger partial charge is 0.253 e. The van der Waals surface area contributed by atoms with Crippen molar-refractivity contribution in [1.29, 1.82) is 0 Å². The van der Waals surface area contributed by atoms with Crippen molar-refractivity contribution in [3.05, 3.63) is 200 Å². The molecular weight excluding hydrogens is 1100 g/mol. The molecule has 468 valence electrons. The molecule has 3 aliphatic heterocycles. The molecule has 7 aliphatic rings. The lowest BCUT2D eigenvalue weighted by Gasteiger charge is -2.54. The number of hydrogen-bond acceptors (Lipinski definition) is 3. The molecule has 1 atom stereocenters. The number of hydrogen-bond donors (Lipinski definition) is 0. The Kier molecular flexibility index (Phi) is 12.5. The highest BCUT2D eigenvalue weighted by Crippen LogP contribution is 2.64. The van der Waals surface area contributed by atoms with Crippen LogP contribution in [0, 0.1) is 6.92 Å². The summed E-state index contributed by atoms with van der Waals surface area (Å²) in [4.78, 5) is 8.25. The van der Waals surface area contributed by atoms with E-state index in [1.807, 2.05) is 0 Å². The molecule has 3 heterocycles. The Labute approximate surface area is 548 Å². The van der Waals surface area contributed by atoms with Gasteiger partial charge in [-0.3, -0.25) is 0 Å². The Bertz CT molecular complexity index is 4380. The summed E-state index contributed by atoms with van der Waals surface area (Å²) in [5.74, 6) is 0. The van der Waals surface area contributed by atoms with Crippen LogP contribution in [0.4, 0.5) is 51.2 Å². The molecule has 0 bridgehead atoms. The molecule has 0 radical (unpaired) electrons. The lowest BCUT2D eigenvalue weighted by atomic mass is 9.28. The predicted octanol–water partition coefficient (Wildman–Crippen LogP) is 22.1. The van der Waals surface area contributed by atoms with Crippen LogP contribution in [-0.2, 0) is 54.1 Å². The van der Waals surface area contributed by atoms with Crippen LogP contribution in [-0.4, -0.2) is 6.71 Å². The Morgan fingerprint density at radius 1 is 0.363 bits per heavy atom. The number of nitrogens with zero attached hydrogens (tertiary/aromatic N) is 3. The molecule has 4 heteroatoms. The van der Waals surface area contributed by atoms with Crippen molar-refractivity contribution in [1.82, 2.24) is 0 Å². The molecule has 0 saturated heterocycles. The first kappa shape index (κ1) is 60.5. The van der Waals surface area contributed by atoms with Gasteiger partial charge < -0.3 is 14.7 Å². The van der Waals surface area contributed by atoms with E-state index < -0.39 is 5.41 Å². The third-order valence-corrected chi connectivity index (χ3v) is 24.7. The quantitative estimate of drug-likeness (QED) is 0.159. The number of aryl methyl sites for hydroxylation is 1. The van der Waals surface area contributed by atoms with Gasteiger partial charge in [-0.2, -0.15) is 0 Å². The highest BCUT2D eigenvalue weighted by molar-refractivity contribution is 7.01. The van der Waals surface area contributed by atoms with E-state index >= 15 is 0 Å². The van der Waals surface area contributed by atoms with E-state index in [1.165, 1.54) is 136 Å². The van der Waals surface area contributed by atoms with Gasteiger partial charge in [0.05, 0.1) is 5.69 Å². The third-order valence-electron chi connectivity index (χ3n) is 24.7. The van der Waals surface area contributed by atoms with Gasteiger partial charge in [0.1, 0.15) is 0 Å². The fourth-order valence-corrected chi connectivity index (χ4v) is 18.9. The predicted molar refractivity (Wildman–Crippen MR) is 393 cm³/mol. The largest absolute Gasteiger partial charge is 0.311 e. The molecule has 0 N–H and O–H groups in total. The third kappa shape index (κ3) is 8.50. The lowest BCUT2D eigenvalue weighted by molar-refractivity contribution is 0.327. The molecular formula is C87H102BN3. The van der Waals surface area contributed by atoms with Crippen molar-refractivity contribution in [2.45, 2.75) is 252 Å². The lowest BCUT2D eigenvalue weighted by Crippen LogP contribution is -2.68. The minimum absolute atomic E-state index is 0.00157. The summed E-state index contributed by atoms with van der Waals surface area (Å²) in [7, 11) is 0. The maximum atomic E-state index is 2.84. The summed E-state index contributed by atoms with van der Waals surface area (Å²) in [5, 5.41) is 0. The Morgan fingerprint density at radius 3 is 1.38 bits per heavy atom. The molecule has 0 spiro atoms. The molecule has 0 amide bonds. The average Bonchev–Trinajstić information content (AvgIpc) is 1.62. The number of anilines is 9. The number of rotatable bonds is 5. The van der Waals surface area contributed by atoms with Crippen LogP contribution in [0.25, 0.3) is 11.1 Å². The van der Waals surface area contributed by atoms with Gasteiger partial charge in [0, 0.05) is 50.9 Å². The van der Waals surface area contributed by atoms with E-state index in [0.29, 0.717) is 0 Å². The van der Waals surface area contributed by atoms with Crippen LogP contribution in [0.1, 0.15) is 263 Å². The van der Waals surface area contributed by atoms with E-state index in [0.717, 1.165) is 42.7 Å². The highest BCUT2D eigenvalue weighted by Gasteiger charge is 2.60. The zero-order valence-electron chi connectivity index (χ0n) is 59.8. The first-order valence-electron chi connectivity index (χ1n) is 34.9. The monoisotopic (exact) mass is 1200 g/mol.